The Morgan fingerprint density at radius 3 is 1.62 bits per heavy atom. The maximum absolute atomic E-state index is 12.5. The number of pyridine rings is 1. The van der Waals surface area contributed by atoms with Crippen LogP contribution in [-0.2, 0) is 15.7 Å². The van der Waals surface area contributed by atoms with Crippen molar-refractivity contribution in [2.45, 2.75) is 135 Å². The van der Waals surface area contributed by atoms with Gasteiger partial charge < -0.3 is 30.0 Å². The Hall–Kier alpha value is -2.76. The summed E-state index contributed by atoms with van der Waals surface area (Å²) in [5.74, 6) is 0.177. The van der Waals surface area contributed by atoms with E-state index in [9.17, 15) is 27.9 Å². The molecule has 40 heavy (non-hydrogen) atoms. The lowest BCUT2D eigenvalue weighted by atomic mass is 9.93. The third-order valence-electron chi connectivity index (χ3n) is 6.16. The van der Waals surface area contributed by atoms with Crippen molar-refractivity contribution in [1.82, 2.24) is 15.6 Å². The quantitative estimate of drug-likeness (QED) is 0.395. The molecule has 2 amide bonds. The Morgan fingerprint density at radius 1 is 0.800 bits per heavy atom. The van der Waals surface area contributed by atoms with Crippen molar-refractivity contribution < 1.29 is 42.1 Å². The van der Waals surface area contributed by atoms with Crippen LogP contribution in [0, 0.1) is 0 Å². The molecule has 2 fully saturated rings. The van der Waals surface area contributed by atoms with Crippen LogP contribution in [-0.4, -0.2) is 57.8 Å². The van der Waals surface area contributed by atoms with Gasteiger partial charge in [0.05, 0.1) is 11.7 Å². The lowest BCUT2D eigenvalue weighted by Crippen LogP contribution is -2.42. The van der Waals surface area contributed by atoms with E-state index in [0.717, 1.165) is 37.9 Å². The minimum atomic E-state index is -4.41. The summed E-state index contributed by atoms with van der Waals surface area (Å²) in [5, 5.41) is 15.0. The maximum atomic E-state index is 12.5. The number of aromatic nitrogens is 1. The fraction of sp³-hybridized carbons (Fsp3) is 0.750. The summed E-state index contributed by atoms with van der Waals surface area (Å²) in [6.45, 7) is 10.9. The standard InChI is InChI=1S/C17H23F3N2O3.C11H21NO3/c1-16(2,3)25-15(23)22-12-5-7-13(8-6-12)24-14-9-4-11(10-21-14)17(18,19)20;1-11(2,3)15-10(14)12-8-4-6-9(13)7-5-8/h4,9-10,12-13H,5-8H2,1-3H3,(H,22,23);8-9,13H,4-7H2,1-3H3,(H,12,14). The molecule has 0 saturated heterocycles. The van der Waals surface area contributed by atoms with Crippen LogP contribution in [0.3, 0.4) is 0 Å². The molecule has 1 heterocycles. The van der Waals surface area contributed by atoms with Gasteiger partial charge in [-0.3, -0.25) is 0 Å². The van der Waals surface area contributed by atoms with Crippen molar-refractivity contribution in [1.29, 1.82) is 0 Å². The molecule has 2 aliphatic rings. The highest BCUT2D eigenvalue weighted by Crippen LogP contribution is 2.30. The average Bonchev–Trinajstić information content (AvgIpc) is 2.80. The Balaban J connectivity index is 0.000000319. The summed E-state index contributed by atoms with van der Waals surface area (Å²) in [5.41, 5.74) is -1.79. The maximum Gasteiger partial charge on any atom is 0.417 e. The fourth-order valence-corrected chi connectivity index (χ4v) is 4.28. The van der Waals surface area contributed by atoms with E-state index < -0.39 is 29.0 Å². The SMILES string of the molecule is CC(C)(C)OC(=O)NC1CCC(O)CC1.CC(C)(C)OC(=O)NC1CCC(Oc2ccc(C(F)(F)F)cn2)CC1. The summed E-state index contributed by atoms with van der Waals surface area (Å²) in [6, 6.07) is 2.35. The number of carbonyl (C=O) groups excluding carboxylic acids is 2. The number of alkyl carbamates (subject to hydrolysis) is 2. The predicted molar refractivity (Wildman–Crippen MR) is 143 cm³/mol. The summed E-state index contributed by atoms with van der Waals surface area (Å²) < 4.78 is 53.5. The first kappa shape index (κ1) is 33.4. The molecule has 9 nitrogen and oxygen atoms in total. The van der Waals surface area contributed by atoms with Crippen molar-refractivity contribution in [2.75, 3.05) is 0 Å². The van der Waals surface area contributed by atoms with Gasteiger partial charge in [0.25, 0.3) is 0 Å². The molecule has 3 rings (SSSR count). The van der Waals surface area contributed by atoms with E-state index in [-0.39, 0.29) is 36.3 Å². The number of nitrogens with one attached hydrogen (secondary N) is 2. The van der Waals surface area contributed by atoms with E-state index >= 15 is 0 Å². The molecule has 0 unspecified atom stereocenters. The topological polar surface area (TPSA) is 119 Å². The van der Waals surface area contributed by atoms with Crippen molar-refractivity contribution in [3.8, 4) is 5.88 Å². The van der Waals surface area contributed by atoms with E-state index in [0.29, 0.717) is 25.7 Å². The lowest BCUT2D eigenvalue weighted by Gasteiger charge is -2.30. The van der Waals surface area contributed by atoms with Crippen molar-refractivity contribution in [3.63, 3.8) is 0 Å². The number of aliphatic hydroxyl groups is 1. The third kappa shape index (κ3) is 13.5. The highest BCUT2D eigenvalue weighted by atomic mass is 19.4. The van der Waals surface area contributed by atoms with E-state index in [1.54, 1.807) is 20.8 Å². The smallest absolute Gasteiger partial charge is 0.417 e. The third-order valence-corrected chi connectivity index (χ3v) is 6.16. The zero-order chi connectivity index (χ0) is 30.1. The molecule has 0 aliphatic heterocycles. The zero-order valence-corrected chi connectivity index (χ0v) is 24.3. The molecule has 0 atom stereocenters. The summed E-state index contributed by atoms with van der Waals surface area (Å²) in [4.78, 5) is 26.9. The molecule has 1 aromatic heterocycles. The van der Waals surface area contributed by atoms with Gasteiger partial charge in [0.2, 0.25) is 5.88 Å². The van der Waals surface area contributed by atoms with Crippen LogP contribution in [0.1, 0.15) is 98.5 Å². The number of alkyl halides is 3. The van der Waals surface area contributed by atoms with Crippen molar-refractivity contribution >= 4 is 12.2 Å². The van der Waals surface area contributed by atoms with Gasteiger partial charge in [0.15, 0.2) is 0 Å². The van der Waals surface area contributed by atoms with E-state index in [1.165, 1.54) is 6.07 Å². The first-order valence-corrected chi connectivity index (χ1v) is 13.8. The Morgan fingerprint density at radius 2 is 1.25 bits per heavy atom. The van der Waals surface area contributed by atoms with Gasteiger partial charge in [-0.05, 0) is 99.0 Å². The number of halogens is 3. The average molecular weight is 576 g/mol. The first-order chi connectivity index (χ1) is 18.4. The van der Waals surface area contributed by atoms with Crippen LogP contribution in [0.5, 0.6) is 5.88 Å². The summed E-state index contributed by atoms with van der Waals surface area (Å²) >= 11 is 0. The minimum Gasteiger partial charge on any atom is -0.474 e. The van der Waals surface area contributed by atoms with Crippen LogP contribution in [0.2, 0.25) is 0 Å². The van der Waals surface area contributed by atoms with E-state index in [2.05, 4.69) is 15.6 Å². The van der Waals surface area contributed by atoms with Gasteiger partial charge in [-0.15, -0.1) is 0 Å². The van der Waals surface area contributed by atoms with Crippen molar-refractivity contribution in [2.24, 2.45) is 0 Å². The van der Waals surface area contributed by atoms with Crippen LogP contribution < -0.4 is 15.4 Å². The van der Waals surface area contributed by atoms with Crippen LogP contribution in [0.25, 0.3) is 0 Å². The minimum absolute atomic E-state index is 0.00950. The monoisotopic (exact) mass is 575 g/mol. The van der Waals surface area contributed by atoms with Crippen LogP contribution in [0.15, 0.2) is 18.3 Å². The van der Waals surface area contributed by atoms with E-state index in [4.69, 9.17) is 14.2 Å². The first-order valence-electron chi connectivity index (χ1n) is 13.8. The molecule has 2 aliphatic carbocycles. The molecule has 3 N–H and O–H groups in total. The number of nitrogens with zero attached hydrogens (tertiary/aromatic N) is 1. The number of amides is 2. The molecular weight excluding hydrogens is 531 g/mol. The van der Waals surface area contributed by atoms with E-state index in [1.807, 2.05) is 20.8 Å². The molecule has 0 aromatic carbocycles. The number of hydrogen-bond donors (Lipinski definition) is 3. The summed E-state index contributed by atoms with van der Waals surface area (Å²) in [6.07, 6.45) is 1.23. The van der Waals surface area contributed by atoms with Crippen molar-refractivity contribution in [3.05, 3.63) is 23.9 Å². The number of ether oxygens (including phenoxy) is 3. The van der Waals surface area contributed by atoms with Crippen LogP contribution in [0.4, 0.5) is 22.8 Å². The molecule has 0 spiro atoms. The number of aliphatic hydroxyl groups excluding tert-OH is 1. The second-order valence-corrected chi connectivity index (χ2v) is 12.3. The molecule has 1 aromatic rings. The number of rotatable bonds is 4. The van der Waals surface area contributed by atoms with Gasteiger partial charge in [-0.1, -0.05) is 0 Å². The largest absolute Gasteiger partial charge is 0.474 e. The van der Waals surface area contributed by atoms with Gasteiger partial charge in [-0.2, -0.15) is 13.2 Å². The highest BCUT2D eigenvalue weighted by Gasteiger charge is 2.31. The van der Waals surface area contributed by atoms with Gasteiger partial charge in [0.1, 0.15) is 17.3 Å². The lowest BCUT2D eigenvalue weighted by molar-refractivity contribution is -0.137. The fourth-order valence-electron chi connectivity index (χ4n) is 4.28. The molecule has 2 saturated carbocycles. The molecule has 12 heteroatoms. The van der Waals surface area contributed by atoms with Gasteiger partial charge in [0, 0.05) is 24.3 Å². The van der Waals surface area contributed by atoms with Gasteiger partial charge in [-0.25, -0.2) is 14.6 Å². The molecular formula is C28H44F3N3O6. The zero-order valence-electron chi connectivity index (χ0n) is 24.3. The Labute approximate surface area is 234 Å². The Kier molecular flexibility index (Phi) is 11.9. The van der Waals surface area contributed by atoms with Crippen LogP contribution >= 0.6 is 0 Å². The van der Waals surface area contributed by atoms with Gasteiger partial charge >= 0.3 is 18.4 Å². The molecule has 0 bridgehead atoms. The normalized spacial score (nSPS) is 23.6. The summed E-state index contributed by atoms with van der Waals surface area (Å²) in [7, 11) is 0. The number of carbonyl (C=O) groups is 2. The second-order valence-electron chi connectivity index (χ2n) is 12.3. The Bertz CT molecular complexity index is 929. The molecule has 228 valence electrons. The second kappa shape index (κ2) is 14.2. The highest BCUT2D eigenvalue weighted by molar-refractivity contribution is 5.68. The molecule has 0 radical (unpaired) electrons. The number of hydrogen-bond acceptors (Lipinski definition) is 7. The predicted octanol–water partition coefficient (Wildman–Crippen LogP) is 6.13.